The molecule has 3 heterocycles. The molecular formula is C44H30N5-. The summed E-state index contributed by atoms with van der Waals surface area (Å²) in [5.74, 6) is 1.72. The van der Waals surface area contributed by atoms with E-state index in [0.29, 0.717) is 23.2 Å². The summed E-state index contributed by atoms with van der Waals surface area (Å²) in [6, 6.07) is 44.9. The molecule has 1 unspecified atom stereocenters. The van der Waals surface area contributed by atoms with Gasteiger partial charge in [-0.3, -0.25) is 4.98 Å². The predicted octanol–water partition coefficient (Wildman–Crippen LogP) is 11.2. The normalized spacial score (nSPS) is 14.0. The van der Waals surface area contributed by atoms with E-state index in [1.54, 1.807) is 12.4 Å². The molecule has 49 heavy (non-hydrogen) atoms. The van der Waals surface area contributed by atoms with Crippen molar-refractivity contribution in [1.29, 1.82) is 0 Å². The Hall–Kier alpha value is -6.46. The number of nitrogens with zero attached hydrogens (tertiary/aromatic N) is 5. The van der Waals surface area contributed by atoms with Crippen LogP contribution in [0.2, 0.25) is 0 Å². The number of hydrogen-bond acceptors (Lipinski definition) is 4. The molecule has 0 spiro atoms. The molecular weight excluding hydrogens is 599 g/mol. The molecule has 0 saturated carbocycles. The van der Waals surface area contributed by atoms with E-state index in [2.05, 4.69) is 126 Å². The van der Waals surface area contributed by atoms with Crippen LogP contribution in [0.4, 0.5) is 0 Å². The van der Waals surface area contributed by atoms with Gasteiger partial charge in [-0.25, -0.2) is 15.0 Å². The maximum Gasteiger partial charge on any atom is 0.182 e. The number of fused-ring (bicyclic) bond motifs is 3. The highest BCUT2D eigenvalue weighted by Gasteiger charge is 2.19. The van der Waals surface area contributed by atoms with Crippen LogP contribution in [-0.2, 0) is 0 Å². The minimum atomic E-state index is -0.284. The molecule has 0 saturated heterocycles. The van der Waals surface area contributed by atoms with E-state index in [4.69, 9.17) is 15.0 Å². The summed E-state index contributed by atoms with van der Waals surface area (Å²) < 4.78 is 0. The lowest BCUT2D eigenvalue weighted by molar-refractivity contribution is 0.859. The van der Waals surface area contributed by atoms with E-state index in [1.807, 2.05) is 36.4 Å². The van der Waals surface area contributed by atoms with Gasteiger partial charge in [0.2, 0.25) is 0 Å². The summed E-state index contributed by atoms with van der Waals surface area (Å²) >= 11 is 0. The van der Waals surface area contributed by atoms with E-state index in [0.717, 1.165) is 11.1 Å². The number of pyridine rings is 1. The third-order valence-electron chi connectivity index (χ3n) is 9.27. The fourth-order valence-electron chi connectivity index (χ4n) is 6.98. The average molecular weight is 629 g/mol. The van der Waals surface area contributed by atoms with Gasteiger partial charge in [0.1, 0.15) is 11.5 Å². The van der Waals surface area contributed by atoms with Crippen LogP contribution in [0.15, 0.2) is 158 Å². The molecule has 6 aromatic carbocycles. The second kappa shape index (κ2) is 12.0. The van der Waals surface area contributed by atoms with Crippen molar-refractivity contribution in [1.82, 2.24) is 19.9 Å². The Balaban J connectivity index is 1.22. The van der Waals surface area contributed by atoms with Gasteiger partial charge in [-0.1, -0.05) is 121 Å². The Kier molecular flexibility index (Phi) is 7.02. The first kappa shape index (κ1) is 28.7. The minimum Gasteiger partial charge on any atom is -0.679 e. The van der Waals surface area contributed by atoms with Gasteiger partial charge >= 0.3 is 0 Å². The number of hydrogen-bond donors (Lipinski definition) is 0. The maximum atomic E-state index is 4.93. The first-order chi connectivity index (χ1) is 24.2. The maximum absolute atomic E-state index is 4.93. The standard InChI is InChI=1S/C44H30N5/c1-28-26-32(42-47-43(38-18-8-10-24-45-38)49-44(48-42)39-19-9-11-25-46-39)22-23-33(28)41-36-16-6-4-14-34(36)40(35-15-5-7-17-37(35)41)31-21-20-29-12-2-3-13-30(29)27-31/h2-27,38H,1H3/q-1. The molecule has 232 valence electrons. The van der Waals surface area contributed by atoms with Gasteiger partial charge in [0.25, 0.3) is 0 Å². The predicted molar refractivity (Wildman–Crippen MR) is 201 cm³/mol. The van der Waals surface area contributed by atoms with Crippen LogP contribution in [0.5, 0.6) is 0 Å². The van der Waals surface area contributed by atoms with Crippen LogP contribution < -0.4 is 0 Å². The van der Waals surface area contributed by atoms with Crippen molar-refractivity contribution in [3.8, 4) is 45.2 Å². The molecule has 0 fully saturated rings. The highest BCUT2D eigenvalue weighted by Crippen LogP contribution is 2.45. The molecule has 0 N–H and O–H groups in total. The van der Waals surface area contributed by atoms with E-state index in [1.165, 1.54) is 54.6 Å². The van der Waals surface area contributed by atoms with Crippen molar-refractivity contribution >= 4 is 32.3 Å². The van der Waals surface area contributed by atoms with Crippen molar-refractivity contribution in [3.05, 3.63) is 175 Å². The van der Waals surface area contributed by atoms with Crippen LogP contribution in [0.3, 0.4) is 0 Å². The summed E-state index contributed by atoms with van der Waals surface area (Å²) in [4.78, 5) is 19.2. The SMILES string of the molecule is Cc1cc(-c2nc(-c3ccccn3)nc(C3C=CC=C[N-]3)n2)ccc1-c1c2ccccc2c(-c2ccc3ccccc3c2)c2ccccc12. The number of aryl methyl sites for hydroxylation is 1. The van der Waals surface area contributed by atoms with Crippen molar-refractivity contribution < 1.29 is 0 Å². The lowest BCUT2D eigenvalue weighted by Gasteiger charge is -2.27. The monoisotopic (exact) mass is 628 g/mol. The fourth-order valence-corrected chi connectivity index (χ4v) is 6.98. The lowest BCUT2D eigenvalue weighted by Crippen LogP contribution is -2.07. The zero-order valence-corrected chi connectivity index (χ0v) is 26.8. The van der Waals surface area contributed by atoms with Crippen LogP contribution in [-0.4, -0.2) is 19.9 Å². The lowest BCUT2D eigenvalue weighted by atomic mass is 9.84. The second-order valence-corrected chi connectivity index (χ2v) is 12.3. The minimum absolute atomic E-state index is 0.284. The number of benzene rings is 6. The average Bonchev–Trinajstić information content (AvgIpc) is 3.17. The number of allylic oxidation sites excluding steroid dienone is 2. The third-order valence-corrected chi connectivity index (χ3v) is 9.27. The van der Waals surface area contributed by atoms with Crippen LogP contribution in [0.1, 0.15) is 17.4 Å². The molecule has 5 nitrogen and oxygen atoms in total. The Morgan fingerprint density at radius 3 is 1.92 bits per heavy atom. The molecule has 1 aliphatic heterocycles. The van der Waals surface area contributed by atoms with Gasteiger partial charge in [0.15, 0.2) is 11.6 Å². The van der Waals surface area contributed by atoms with Crippen molar-refractivity contribution in [2.75, 3.05) is 0 Å². The van der Waals surface area contributed by atoms with Crippen molar-refractivity contribution in [3.63, 3.8) is 0 Å². The number of aromatic nitrogens is 4. The summed E-state index contributed by atoms with van der Waals surface area (Å²) in [7, 11) is 0. The van der Waals surface area contributed by atoms with Gasteiger partial charge < -0.3 is 5.32 Å². The summed E-state index contributed by atoms with van der Waals surface area (Å²) in [6.45, 7) is 2.17. The van der Waals surface area contributed by atoms with E-state index in [-0.39, 0.29) is 6.04 Å². The Morgan fingerprint density at radius 2 is 1.22 bits per heavy atom. The molecule has 1 atom stereocenters. The third kappa shape index (κ3) is 5.13. The molecule has 0 aliphatic carbocycles. The molecule has 1 aliphatic rings. The fraction of sp³-hybridized carbons (Fsp3) is 0.0455. The van der Waals surface area contributed by atoms with Crippen molar-refractivity contribution in [2.45, 2.75) is 13.0 Å². The molecule has 5 heteroatoms. The summed E-state index contributed by atoms with van der Waals surface area (Å²) in [5.41, 5.74) is 7.62. The summed E-state index contributed by atoms with van der Waals surface area (Å²) in [6.07, 6.45) is 9.41. The van der Waals surface area contributed by atoms with Gasteiger partial charge in [0, 0.05) is 11.8 Å². The highest BCUT2D eigenvalue weighted by atomic mass is 15.1. The second-order valence-electron chi connectivity index (χ2n) is 12.3. The Morgan fingerprint density at radius 1 is 0.551 bits per heavy atom. The van der Waals surface area contributed by atoms with E-state index >= 15 is 0 Å². The first-order valence-corrected chi connectivity index (χ1v) is 16.5. The Bertz CT molecular complexity index is 2550. The zero-order valence-electron chi connectivity index (χ0n) is 26.8. The molecule has 2 aromatic heterocycles. The van der Waals surface area contributed by atoms with Gasteiger partial charge in [0.05, 0.1) is 0 Å². The van der Waals surface area contributed by atoms with Crippen LogP contribution in [0.25, 0.3) is 82.8 Å². The van der Waals surface area contributed by atoms with Crippen molar-refractivity contribution in [2.24, 2.45) is 0 Å². The molecule has 0 bridgehead atoms. The first-order valence-electron chi connectivity index (χ1n) is 16.5. The zero-order chi connectivity index (χ0) is 32.7. The molecule has 0 amide bonds. The molecule has 8 aromatic rings. The quantitative estimate of drug-likeness (QED) is 0.178. The van der Waals surface area contributed by atoms with E-state index in [9.17, 15) is 0 Å². The summed E-state index contributed by atoms with van der Waals surface area (Å²) in [5, 5.41) is 12.0. The topological polar surface area (TPSA) is 65.7 Å². The molecule has 9 rings (SSSR count). The highest BCUT2D eigenvalue weighted by molar-refractivity contribution is 6.22. The van der Waals surface area contributed by atoms with Gasteiger partial charge in [-0.2, -0.15) is 6.20 Å². The van der Waals surface area contributed by atoms with Gasteiger partial charge in [-0.15, -0.1) is 0 Å². The molecule has 0 radical (unpaired) electrons. The number of rotatable bonds is 5. The van der Waals surface area contributed by atoms with Crippen LogP contribution in [0, 0.1) is 6.92 Å². The van der Waals surface area contributed by atoms with Crippen LogP contribution >= 0.6 is 0 Å². The van der Waals surface area contributed by atoms with Gasteiger partial charge in [-0.05, 0) is 97.4 Å². The smallest absolute Gasteiger partial charge is 0.182 e. The largest absolute Gasteiger partial charge is 0.679 e. The van der Waals surface area contributed by atoms with E-state index < -0.39 is 0 Å². The Labute approximate surface area is 284 Å².